The molecule has 1 amide bonds. The summed E-state index contributed by atoms with van der Waals surface area (Å²) in [4.78, 5) is 45.7. The highest BCUT2D eigenvalue weighted by Crippen LogP contribution is 2.31. The molecule has 1 aromatic heterocycles. The van der Waals surface area contributed by atoms with Crippen LogP contribution >= 0.6 is 0 Å². The number of aromatic nitrogens is 2. The third-order valence-corrected chi connectivity index (χ3v) is 6.78. The summed E-state index contributed by atoms with van der Waals surface area (Å²) < 4.78 is 6.25. The lowest BCUT2D eigenvalue weighted by atomic mass is 9.83. The average molecular weight is 429 g/mol. The number of amides is 1. The molecule has 8 nitrogen and oxygen atoms in total. The Hall–Kier alpha value is -2.45. The van der Waals surface area contributed by atoms with E-state index in [1.807, 2.05) is 0 Å². The van der Waals surface area contributed by atoms with E-state index >= 15 is 0 Å². The summed E-state index contributed by atoms with van der Waals surface area (Å²) in [5.41, 5.74) is -0.507. The van der Waals surface area contributed by atoms with E-state index in [0.29, 0.717) is 42.6 Å². The first-order chi connectivity index (χ1) is 15.1. The number of methoxy groups -OCH3 is 1. The standard InChI is InChI=1S/C23H32N4O4/c1-31-14-13-26(15-17-7-6-12-25-11-5-4-10-20(17)25)21(28)16-27-22(29)18-8-2-3-9-19(18)24-23(27)30/h2-3,8-9,17,20H,4-7,10-16H2,1H3,(H,24,30)/t17-,20+/m1/s1. The summed E-state index contributed by atoms with van der Waals surface area (Å²) in [7, 11) is 1.62. The van der Waals surface area contributed by atoms with Gasteiger partial charge in [0.1, 0.15) is 6.54 Å². The minimum absolute atomic E-state index is 0.215. The fourth-order valence-corrected chi connectivity index (χ4v) is 5.17. The molecule has 3 heterocycles. The van der Waals surface area contributed by atoms with Crippen molar-refractivity contribution in [1.29, 1.82) is 0 Å². The van der Waals surface area contributed by atoms with Crippen LogP contribution in [0.5, 0.6) is 0 Å². The lowest BCUT2D eigenvalue weighted by molar-refractivity contribution is -0.134. The second-order valence-corrected chi connectivity index (χ2v) is 8.70. The molecule has 8 heteroatoms. The number of carbonyl (C=O) groups is 1. The largest absolute Gasteiger partial charge is 0.383 e. The number of H-pyrrole nitrogens is 1. The maximum atomic E-state index is 13.2. The highest BCUT2D eigenvalue weighted by molar-refractivity contribution is 5.79. The van der Waals surface area contributed by atoms with Crippen molar-refractivity contribution in [2.45, 2.75) is 44.7 Å². The summed E-state index contributed by atoms with van der Waals surface area (Å²) in [6.07, 6.45) is 5.93. The van der Waals surface area contributed by atoms with Crippen molar-refractivity contribution in [2.75, 3.05) is 39.9 Å². The van der Waals surface area contributed by atoms with Crippen LogP contribution in [0.1, 0.15) is 32.1 Å². The molecule has 2 aliphatic heterocycles. The summed E-state index contributed by atoms with van der Waals surface area (Å²) in [5, 5.41) is 0.406. The van der Waals surface area contributed by atoms with Crippen LogP contribution < -0.4 is 11.2 Å². The molecule has 1 N–H and O–H groups in total. The maximum Gasteiger partial charge on any atom is 0.329 e. The van der Waals surface area contributed by atoms with Gasteiger partial charge in [-0.1, -0.05) is 18.6 Å². The van der Waals surface area contributed by atoms with E-state index in [1.165, 1.54) is 19.3 Å². The molecule has 0 spiro atoms. The van der Waals surface area contributed by atoms with Gasteiger partial charge in [-0.3, -0.25) is 14.2 Å². The molecule has 0 saturated carbocycles. The van der Waals surface area contributed by atoms with Crippen LogP contribution in [0.15, 0.2) is 33.9 Å². The van der Waals surface area contributed by atoms with Gasteiger partial charge < -0.3 is 19.5 Å². The zero-order chi connectivity index (χ0) is 21.8. The average Bonchev–Trinajstić information content (AvgIpc) is 2.79. The van der Waals surface area contributed by atoms with Crippen molar-refractivity contribution >= 4 is 16.8 Å². The molecular formula is C23H32N4O4. The van der Waals surface area contributed by atoms with E-state index < -0.39 is 11.2 Å². The smallest absolute Gasteiger partial charge is 0.329 e. The molecule has 2 aliphatic rings. The Kier molecular flexibility index (Phi) is 6.87. The zero-order valence-electron chi connectivity index (χ0n) is 18.2. The number of hydrogen-bond donors (Lipinski definition) is 1. The quantitative estimate of drug-likeness (QED) is 0.721. The predicted octanol–water partition coefficient (Wildman–Crippen LogP) is 1.43. The van der Waals surface area contributed by atoms with E-state index in [9.17, 15) is 14.4 Å². The molecule has 1 aromatic carbocycles. The van der Waals surface area contributed by atoms with Crippen LogP contribution in [0, 0.1) is 5.92 Å². The second kappa shape index (κ2) is 9.78. The minimum atomic E-state index is -0.556. The van der Waals surface area contributed by atoms with Crippen LogP contribution in [0.4, 0.5) is 0 Å². The van der Waals surface area contributed by atoms with Crippen LogP contribution in [-0.2, 0) is 16.1 Å². The first-order valence-electron chi connectivity index (χ1n) is 11.3. The SMILES string of the molecule is COCCN(C[C@H]1CCCN2CCCC[C@@H]12)C(=O)Cn1c(=O)[nH]c2ccccc2c1=O. The Bertz CT molecular complexity index is 1030. The molecule has 2 aromatic rings. The number of aromatic amines is 1. The van der Waals surface area contributed by atoms with E-state index in [0.717, 1.165) is 30.5 Å². The summed E-state index contributed by atoms with van der Waals surface area (Å²) in [6, 6.07) is 7.38. The maximum absolute atomic E-state index is 13.2. The van der Waals surface area contributed by atoms with Crippen molar-refractivity contribution in [1.82, 2.24) is 19.4 Å². The van der Waals surface area contributed by atoms with Crippen molar-refractivity contribution in [3.63, 3.8) is 0 Å². The topological polar surface area (TPSA) is 87.6 Å². The number of nitrogens with zero attached hydrogens (tertiary/aromatic N) is 3. The third-order valence-electron chi connectivity index (χ3n) is 6.78. The summed E-state index contributed by atoms with van der Waals surface area (Å²) in [5.74, 6) is 0.203. The van der Waals surface area contributed by atoms with Gasteiger partial charge in [-0.05, 0) is 56.8 Å². The van der Waals surface area contributed by atoms with Gasteiger partial charge in [0.05, 0.1) is 17.5 Å². The van der Waals surface area contributed by atoms with Crippen LogP contribution in [0.3, 0.4) is 0 Å². The lowest BCUT2D eigenvalue weighted by Crippen LogP contribution is -2.52. The first kappa shape index (κ1) is 21.8. The number of fused-ring (bicyclic) bond motifs is 2. The Morgan fingerprint density at radius 2 is 1.97 bits per heavy atom. The molecular weight excluding hydrogens is 396 g/mol. The van der Waals surface area contributed by atoms with Gasteiger partial charge in [0.2, 0.25) is 5.91 Å². The molecule has 0 unspecified atom stereocenters. The number of carbonyl (C=O) groups excluding carboxylic acids is 1. The highest BCUT2D eigenvalue weighted by Gasteiger charge is 2.34. The molecule has 4 rings (SSSR count). The van der Waals surface area contributed by atoms with Gasteiger partial charge in [-0.25, -0.2) is 4.79 Å². The Morgan fingerprint density at radius 1 is 1.16 bits per heavy atom. The number of piperidine rings is 2. The minimum Gasteiger partial charge on any atom is -0.383 e. The number of rotatable bonds is 7. The molecule has 2 fully saturated rings. The molecule has 0 bridgehead atoms. The van der Waals surface area contributed by atoms with E-state index in [2.05, 4.69) is 9.88 Å². The van der Waals surface area contributed by atoms with Crippen LogP contribution in [-0.4, -0.2) is 71.2 Å². The molecule has 168 valence electrons. The summed E-state index contributed by atoms with van der Waals surface area (Å²) >= 11 is 0. The Labute approximate surface area is 181 Å². The van der Waals surface area contributed by atoms with Gasteiger partial charge in [-0.15, -0.1) is 0 Å². The third kappa shape index (κ3) is 4.75. The number of ether oxygens (including phenoxy) is 1. The number of benzene rings is 1. The van der Waals surface area contributed by atoms with E-state index in [-0.39, 0.29) is 12.5 Å². The molecule has 2 atom stereocenters. The number of hydrogen-bond acceptors (Lipinski definition) is 5. The van der Waals surface area contributed by atoms with Gasteiger partial charge in [0.15, 0.2) is 0 Å². The number of nitrogens with one attached hydrogen (secondary N) is 1. The normalized spacial score (nSPS) is 21.7. The molecule has 31 heavy (non-hydrogen) atoms. The van der Waals surface area contributed by atoms with Crippen molar-refractivity contribution < 1.29 is 9.53 Å². The molecule has 0 radical (unpaired) electrons. The van der Waals surface area contributed by atoms with Crippen molar-refractivity contribution in [3.8, 4) is 0 Å². The fourth-order valence-electron chi connectivity index (χ4n) is 5.17. The van der Waals surface area contributed by atoms with Gasteiger partial charge in [-0.2, -0.15) is 0 Å². The molecule has 0 aliphatic carbocycles. The van der Waals surface area contributed by atoms with Crippen molar-refractivity contribution in [2.24, 2.45) is 5.92 Å². The Morgan fingerprint density at radius 3 is 2.81 bits per heavy atom. The van der Waals surface area contributed by atoms with E-state index in [1.54, 1.807) is 36.3 Å². The number of para-hydroxylation sites is 1. The van der Waals surface area contributed by atoms with Gasteiger partial charge in [0, 0.05) is 26.2 Å². The van der Waals surface area contributed by atoms with Gasteiger partial charge >= 0.3 is 5.69 Å². The summed E-state index contributed by atoms with van der Waals surface area (Å²) in [6.45, 7) is 3.56. The van der Waals surface area contributed by atoms with Crippen LogP contribution in [0.2, 0.25) is 0 Å². The lowest BCUT2D eigenvalue weighted by Gasteiger charge is -2.45. The van der Waals surface area contributed by atoms with E-state index in [4.69, 9.17) is 4.74 Å². The van der Waals surface area contributed by atoms with Gasteiger partial charge in [0.25, 0.3) is 5.56 Å². The fraction of sp³-hybridized carbons (Fsp3) is 0.609. The monoisotopic (exact) mass is 428 g/mol. The predicted molar refractivity (Wildman–Crippen MR) is 119 cm³/mol. The van der Waals surface area contributed by atoms with Crippen LogP contribution in [0.25, 0.3) is 10.9 Å². The Balaban J connectivity index is 1.54. The first-order valence-corrected chi connectivity index (χ1v) is 11.3. The van der Waals surface area contributed by atoms with Crippen molar-refractivity contribution in [3.05, 3.63) is 45.1 Å². The second-order valence-electron chi connectivity index (χ2n) is 8.70. The highest BCUT2D eigenvalue weighted by atomic mass is 16.5. The molecule has 2 saturated heterocycles. The zero-order valence-corrected chi connectivity index (χ0v) is 18.2.